The van der Waals surface area contributed by atoms with Gasteiger partial charge in [0.2, 0.25) is 0 Å². The van der Waals surface area contributed by atoms with Crippen LogP contribution in [0.5, 0.6) is 11.5 Å². The molecule has 0 amide bonds. The molecule has 0 radical (unpaired) electrons. The number of halogens is 1. The van der Waals surface area contributed by atoms with E-state index in [1.807, 2.05) is 48.5 Å². The van der Waals surface area contributed by atoms with Crippen molar-refractivity contribution in [2.24, 2.45) is 0 Å². The zero-order chi connectivity index (χ0) is 12.3. The predicted octanol–water partition coefficient (Wildman–Crippen LogP) is 4.29. The highest BCUT2D eigenvalue weighted by Crippen LogP contribution is 2.29. The maximum absolute atomic E-state index is 9.64. The van der Waals surface area contributed by atoms with Crippen LogP contribution in [0.4, 0.5) is 0 Å². The molecular formula is C14H13BrO2. The van der Waals surface area contributed by atoms with Crippen molar-refractivity contribution in [3.05, 3.63) is 58.6 Å². The Morgan fingerprint density at radius 3 is 2.35 bits per heavy atom. The van der Waals surface area contributed by atoms with E-state index < -0.39 is 6.10 Å². The van der Waals surface area contributed by atoms with Gasteiger partial charge in [-0.3, -0.25) is 0 Å². The molecule has 0 saturated carbocycles. The Balaban J connectivity index is 2.26. The third-order valence-electron chi connectivity index (χ3n) is 2.41. The summed E-state index contributed by atoms with van der Waals surface area (Å²) in [5.41, 5.74) is 0.787. The Bertz CT molecular complexity index is 492. The van der Waals surface area contributed by atoms with Crippen LogP contribution in [0.2, 0.25) is 0 Å². The van der Waals surface area contributed by atoms with Crippen LogP contribution in [-0.4, -0.2) is 5.11 Å². The van der Waals surface area contributed by atoms with Crippen molar-refractivity contribution in [1.82, 2.24) is 0 Å². The van der Waals surface area contributed by atoms with Gasteiger partial charge < -0.3 is 9.84 Å². The van der Waals surface area contributed by atoms with E-state index in [9.17, 15) is 5.11 Å². The fraction of sp³-hybridized carbons (Fsp3) is 0.143. The number of benzene rings is 2. The van der Waals surface area contributed by atoms with Crippen LogP contribution >= 0.6 is 15.9 Å². The van der Waals surface area contributed by atoms with Gasteiger partial charge in [0.25, 0.3) is 0 Å². The van der Waals surface area contributed by atoms with Gasteiger partial charge in [0.15, 0.2) is 0 Å². The zero-order valence-corrected chi connectivity index (χ0v) is 11.0. The molecule has 2 rings (SSSR count). The van der Waals surface area contributed by atoms with Crippen molar-refractivity contribution in [1.29, 1.82) is 0 Å². The number of para-hydroxylation sites is 1. The molecule has 2 nitrogen and oxygen atoms in total. The van der Waals surface area contributed by atoms with E-state index in [4.69, 9.17) is 4.74 Å². The van der Waals surface area contributed by atoms with Crippen molar-refractivity contribution >= 4 is 15.9 Å². The first-order valence-electron chi connectivity index (χ1n) is 5.37. The van der Waals surface area contributed by atoms with Gasteiger partial charge in [-0.2, -0.15) is 0 Å². The molecule has 0 fully saturated rings. The monoisotopic (exact) mass is 292 g/mol. The molecule has 0 aliphatic carbocycles. The van der Waals surface area contributed by atoms with Gasteiger partial charge in [-0.25, -0.2) is 0 Å². The summed E-state index contributed by atoms with van der Waals surface area (Å²) in [5, 5.41) is 9.64. The maximum Gasteiger partial charge on any atom is 0.133 e. The maximum atomic E-state index is 9.64. The van der Waals surface area contributed by atoms with E-state index >= 15 is 0 Å². The molecule has 88 valence electrons. The number of ether oxygens (including phenoxy) is 1. The second kappa shape index (κ2) is 5.34. The number of aliphatic hydroxyl groups excluding tert-OH is 1. The smallest absolute Gasteiger partial charge is 0.133 e. The van der Waals surface area contributed by atoms with Gasteiger partial charge >= 0.3 is 0 Å². The number of hydrogen-bond donors (Lipinski definition) is 1. The highest BCUT2D eigenvalue weighted by Gasteiger charge is 2.08. The Morgan fingerprint density at radius 1 is 1.06 bits per heavy atom. The molecular weight excluding hydrogens is 280 g/mol. The molecule has 0 saturated heterocycles. The van der Waals surface area contributed by atoms with E-state index in [2.05, 4.69) is 15.9 Å². The third kappa shape index (κ3) is 3.08. The quantitative estimate of drug-likeness (QED) is 0.914. The lowest BCUT2D eigenvalue weighted by Gasteiger charge is -2.12. The van der Waals surface area contributed by atoms with Gasteiger partial charge in [-0.1, -0.05) is 34.1 Å². The summed E-state index contributed by atoms with van der Waals surface area (Å²) in [4.78, 5) is 0. The third-order valence-corrected chi connectivity index (χ3v) is 2.94. The Hall–Kier alpha value is -1.32. The molecule has 0 bridgehead atoms. The molecule has 0 aromatic heterocycles. The van der Waals surface area contributed by atoms with Crippen LogP contribution in [0.1, 0.15) is 18.6 Å². The van der Waals surface area contributed by atoms with Crippen LogP contribution in [0.25, 0.3) is 0 Å². The second-order valence-corrected chi connectivity index (χ2v) is 4.69. The van der Waals surface area contributed by atoms with Gasteiger partial charge in [0.05, 0.1) is 6.10 Å². The summed E-state index contributed by atoms with van der Waals surface area (Å²) in [5.74, 6) is 1.44. The molecule has 1 unspecified atom stereocenters. The van der Waals surface area contributed by atoms with Crippen LogP contribution in [0, 0.1) is 0 Å². The lowest BCUT2D eigenvalue weighted by Crippen LogP contribution is -1.95. The Kier molecular flexibility index (Phi) is 3.82. The predicted molar refractivity (Wildman–Crippen MR) is 71.3 cm³/mol. The van der Waals surface area contributed by atoms with Gasteiger partial charge in [-0.05, 0) is 37.3 Å². The zero-order valence-electron chi connectivity index (χ0n) is 9.43. The summed E-state index contributed by atoms with van der Waals surface area (Å²) in [7, 11) is 0. The highest BCUT2D eigenvalue weighted by molar-refractivity contribution is 9.10. The summed E-state index contributed by atoms with van der Waals surface area (Å²) < 4.78 is 6.75. The van der Waals surface area contributed by atoms with Crippen molar-refractivity contribution in [2.45, 2.75) is 13.0 Å². The normalized spacial score (nSPS) is 12.2. The first kappa shape index (κ1) is 12.1. The SMILES string of the molecule is CC(O)c1ccccc1Oc1ccc(Br)cc1. The van der Waals surface area contributed by atoms with Crippen LogP contribution in [0.3, 0.4) is 0 Å². The molecule has 0 heterocycles. The lowest BCUT2D eigenvalue weighted by molar-refractivity contribution is 0.195. The summed E-state index contributed by atoms with van der Waals surface area (Å²) in [6, 6.07) is 15.1. The summed E-state index contributed by atoms with van der Waals surface area (Å²) >= 11 is 3.37. The standard InChI is InChI=1S/C14H13BrO2/c1-10(16)13-4-2-3-5-14(13)17-12-8-6-11(15)7-9-12/h2-10,16H,1H3. The molecule has 0 aliphatic rings. The van der Waals surface area contributed by atoms with Crippen molar-refractivity contribution < 1.29 is 9.84 Å². The van der Waals surface area contributed by atoms with Crippen LogP contribution in [-0.2, 0) is 0 Å². The minimum Gasteiger partial charge on any atom is -0.457 e. The van der Waals surface area contributed by atoms with E-state index in [1.165, 1.54) is 0 Å². The van der Waals surface area contributed by atoms with Crippen molar-refractivity contribution in [2.75, 3.05) is 0 Å². The van der Waals surface area contributed by atoms with Gasteiger partial charge in [0, 0.05) is 10.0 Å². The number of hydrogen-bond acceptors (Lipinski definition) is 2. The largest absolute Gasteiger partial charge is 0.457 e. The summed E-state index contributed by atoms with van der Waals surface area (Å²) in [6.45, 7) is 1.73. The topological polar surface area (TPSA) is 29.5 Å². The average Bonchev–Trinajstić information content (AvgIpc) is 2.32. The van der Waals surface area contributed by atoms with E-state index in [-0.39, 0.29) is 0 Å². The fourth-order valence-corrected chi connectivity index (χ4v) is 1.81. The highest BCUT2D eigenvalue weighted by atomic mass is 79.9. The van der Waals surface area contributed by atoms with Gasteiger partial charge in [0.1, 0.15) is 11.5 Å². The minimum absolute atomic E-state index is 0.540. The van der Waals surface area contributed by atoms with E-state index in [0.29, 0.717) is 5.75 Å². The Morgan fingerprint density at radius 2 is 1.71 bits per heavy atom. The van der Waals surface area contributed by atoms with E-state index in [1.54, 1.807) is 6.92 Å². The summed E-state index contributed by atoms with van der Waals surface area (Å²) in [6.07, 6.45) is -0.540. The lowest BCUT2D eigenvalue weighted by atomic mass is 10.1. The number of rotatable bonds is 3. The number of aliphatic hydroxyl groups is 1. The molecule has 17 heavy (non-hydrogen) atoms. The molecule has 1 N–H and O–H groups in total. The minimum atomic E-state index is -0.540. The van der Waals surface area contributed by atoms with Crippen molar-refractivity contribution in [3.63, 3.8) is 0 Å². The first-order chi connectivity index (χ1) is 8.16. The molecule has 2 aromatic carbocycles. The van der Waals surface area contributed by atoms with Crippen LogP contribution < -0.4 is 4.74 Å². The van der Waals surface area contributed by atoms with Gasteiger partial charge in [-0.15, -0.1) is 0 Å². The molecule has 1 atom stereocenters. The van der Waals surface area contributed by atoms with E-state index in [0.717, 1.165) is 15.8 Å². The fourth-order valence-electron chi connectivity index (χ4n) is 1.55. The van der Waals surface area contributed by atoms with Crippen LogP contribution in [0.15, 0.2) is 53.0 Å². The molecule has 3 heteroatoms. The first-order valence-corrected chi connectivity index (χ1v) is 6.16. The molecule has 2 aromatic rings. The average molecular weight is 293 g/mol. The Labute approximate surface area is 109 Å². The van der Waals surface area contributed by atoms with Crippen molar-refractivity contribution in [3.8, 4) is 11.5 Å². The molecule has 0 spiro atoms. The molecule has 0 aliphatic heterocycles. The second-order valence-electron chi connectivity index (χ2n) is 3.77.